The van der Waals surface area contributed by atoms with Crippen LogP contribution in [0, 0.1) is 0 Å². The first-order valence-electron chi connectivity index (χ1n) is 6.96. The molecule has 22 heavy (non-hydrogen) atoms. The maximum atomic E-state index is 12.2. The third-order valence-electron chi connectivity index (χ3n) is 3.60. The minimum absolute atomic E-state index is 0.269. The SMILES string of the molecule is O=C(O)[C@@H]1[C@H](Oc2ccccc2)C(=O)N1Cc1ccccc1. The number of para-hydroxylation sites is 1. The van der Waals surface area contributed by atoms with Crippen LogP contribution in [0.3, 0.4) is 0 Å². The zero-order valence-corrected chi connectivity index (χ0v) is 11.8. The molecule has 0 spiro atoms. The van der Waals surface area contributed by atoms with E-state index in [0.717, 1.165) is 5.56 Å². The second-order valence-electron chi connectivity index (χ2n) is 5.09. The number of carbonyl (C=O) groups is 2. The summed E-state index contributed by atoms with van der Waals surface area (Å²) >= 11 is 0. The van der Waals surface area contributed by atoms with Gasteiger partial charge in [-0.15, -0.1) is 0 Å². The standard InChI is InChI=1S/C17H15NO4/c19-16-15(22-13-9-5-2-6-10-13)14(17(20)21)18(16)11-12-7-3-1-4-8-12/h1-10,14-15H,11H2,(H,20,21)/t14-,15-/m0/s1. The Morgan fingerprint density at radius 2 is 1.64 bits per heavy atom. The molecule has 112 valence electrons. The van der Waals surface area contributed by atoms with Gasteiger partial charge in [-0.25, -0.2) is 4.79 Å². The average Bonchev–Trinajstić information content (AvgIpc) is 2.54. The lowest BCUT2D eigenvalue weighted by Crippen LogP contribution is -2.69. The van der Waals surface area contributed by atoms with Crippen molar-refractivity contribution < 1.29 is 19.4 Å². The highest BCUT2D eigenvalue weighted by atomic mass is 16.5. The highest BCUT2D eigenvalue weighted by Crippen LogP contribution is 2.27. The molecule has 0 aromatic heterocycles. The molecule has 0 saturated carbocycles. The first kappa shape index (κ1) is 14.1. The Hall–Kier alpha value is -2.82. The zero-order chi connectivity index (χ0) is 15.5. The number of benzene rings is 2. The number of carboxylic acid groups (broad SMARTS) is 1. The topological polar surface area (TPSA) is 66.8 Å². The molecule has 2 atom stereocenters. The largest absolute Gasteiger partial charge is 0.480 e. The highest BCUT2D eigenvalue weighted by molar-refractivity contribution is 5.98. The summed E-state index contributed by atoms with van der Waals surface area (Å²) in [7, 11) is 0. The van der Waals surface area contributed by atoms with E-state index in [1.165, 1.54) is 4.90 Å². The van der Waals surface area contributed by atoms with Gasteiger partial charge >= 0.3 is 5.97 Å². The molecule has 5 nitrogen and oxygen atoms in total. The third kappa shape index (κ3) is 2.65. The molecule has 0 radical (unpaired) electrons. The van der Waals surface area contributed by atoms with E-state index in [1.807, 2.05) is 36.4 Å². The van der Waals surface area contributed by atoms with Crippen molar-refractivity contribution in [2.75, 3.05) is 0 Å². The summed E-state index contributed by atoms with van der Waals surface area (Å²) in [6.45, 7) is 0.269. The summed E-state index contributed by atoms with van der Waals surface area (Å²) in [5.41, 5.74) is 0.889. The van der Waals surface area contributed by atoms with Crippen LogP contribution in [0.25, 0.3) is 0 Å². The second kappa shape index (κ2) is 5.89. The van der Waals surface area contributed by atoms with Crippen molar-refractivity contribution in [2.45, 2.75) is 18.7 Å². The molecule has 1 heterocycles. The molecule has 0 aliphatic carbocycles. The van der Waals surface area contributed by atoms with Gasteiger partial charge in [0.05, 0.1) is 0 Å². The molecule has 1 aliphatic rings. The number of likely N-dealkylation sites (tertiary alicyclic amines) is 1. The normalized spacial score (nSPS) is 20.4. The number of amides is 1. The van der Waals surface area contributed by atoms with Gasteiger partial charge in [0.25, 0.3) is 5.91 Å². The first-order chi connectivity index (χ1) is 10.7. The molecule has 2 aromatic carbocycles. The molecule has 0 bridgehead atoms. The van der Waals surface area contributed by atoms with Gasteiger partial charge in [-0.3, -0.25) is 4.79 Å². The molecular weight excluding hydrogens is 282 g/mol. The van der Waals surface area contributed by atoms with Crippen molar-refractivity contribution in [1.82, 2.24) is 4.90 Å². The lowest BCUT2D eigenvalue weighted by Gasteiger charge is -2.43. The van der Waals surface area contributed by atoms with E-state index < -0.39 is 18.1 Å². The summed E-state index contributed by atoms with van der Waals surface area (Å²) < 4.78 is 5.53. The van der Waals surface area contributed by atoms with Gasteiger partial charge in [0.15, 0.2) is 6.04 Å². The number of ether oxygens (including phenoxy) is 1. The Kier molecular flexibility index (Phi) is 3.78. The van der Waals surface area contributed by atoms with E-state index in [1.54, 1.807) is 24.3 Å². The quantitative estimate of drug-likeness (QED) is 0.856. The lowest BCUT2D eigenvalue weighted by molar-refractivity contribution is -0.177. The summed E-state index contributed by atoms with van der Waals surface area (Å²) in [6, 6.07) is 17.1. The zero-order valence-electron chi connectivity index (χ0n) is 11.8. The summed E-state index contributed by atoms with van der Waals surface area (Å²) in [5, 5.41) is 9.37. The van der Waals surface area contributed by atoms with E-state index in [-0.39, 0.29) is 12.5 Å². The second-order valence-corrected chi connectivity index (χ2v) is 5.09. The molecule has 5 heteroatoms. The Morgan fingerprint density at radius 1 is 1.05 bits per heavy atom. The number of β-lactam (4-membered cyclic amide) rings is 1. The monoisotopic (exact) mass is 297 g/mol. The van der Waals surface area contributed by atoms with E-state index in [2.05, 4.69) is 0 Å². The number of hydrogen-bond acceptors (Lipinski definition) is 3. The molecule has 2 aromatic rings. The van der Waals surface area contributed by atoms with Gasteiger partial charge in [0, 0.05) is 6.54 Å². The van der Waals surface area contributed by atoms with Gasteiger partial charge < -0.3 is 14.7 Å². The van der Waals surface area contributed by atoms with Gasteiger partial charge in [0.1, 0.15) is 5.75 Å². The van der Waals surface area contributed by atoms with Crippen LogP contribution in [-0.2, 0) is 16.1 Å². The fourth-order valence-corrected chi connectivity index (χ4v) is 2.50. The number of aliphatic carboxylic acids is 1. The van der Waals surface area contributed by atoms with Crippen LogP contribution in [0.1, 0.15) is 5.56 Å². The fraction of sp³-hybridized carbons (Fsp3) is 0.176. The van der Waals surface area contributed by atoms with Gasteiger partial charge in [-0.05, 0) is 17.7 Å². The van der Waals surface area contributed by atoms with Crippen LogP contribution in [0.15, 0.2) is 60.7 Å². The molecule has 3 rings (SSSR count). The number of carbonyl (C=O) groups excluding carboxylic acids is 1. The maximum Gasteiger partial charge on any atom is 0.330 e. The summed E-state index contributed by atoms with van der Waals surface area (Å²) in [6.07, 6.45) is -0.969. The number of nitrogens with zero attached hydrogens (tertiary/aromatic N) is 1. The predicted molar refractivity (Wildman–Crippen MR) is 79.3 cm³/mol. The van der Waals surface area contributed by atoms with Crippen molar-refractivity contribution in [2.24, 2.45) is 0 Å². The smallest absolute Gasteiger partial charge is 0.330 e. The maximum absolute atomic E-state index is 12.2. The van der Waals surface area contributed by atoms with Crippen LogP contribution in [-0.4, -0.2) is 34.0 Å². The van der Waals surface area contributed by atoms with Crippen LogP contribution < -0.4 is 4.74 Å². The van der Waals surface area contributed by atoms with Crippen molar-refractivity contribution >= 4 is 11.9 Å². The molecular formula is C17H15NO4. The Morgan fingerprint density at radius 3 is 2.23 bits per heavy atom. The molecule has 1 amide bonds. The minimum Gasteiger partial charge on any atom is -0.480 e. The first-order valence-corrected chi connectivity index (χ1v) is 6.96. The van der Waals surface area contributed by atoms with E-state index in [0.29, 0.717) is 5.75 Å². The van der Waals surface area contributed by atoms with Gasteiger partial charge in [-0.2, -0.15) is 0 Å². The van der Waals surface area contributed by atoms with Gasteiger partial charge in [0.2, 0.25) is 6.10 Å². The Bertz CT molecular complexity index is 620. The summed E-state index contributed by atoms with van der Waals surface area (Å²) in [5.74, 6) is -0.872. The fourth-order valence-electron chi connectivity index (χ4n) is 2.50. The number of rotatable bonds is 5. The van der Waals surface area contributed by atoms with Crippen molar-refractivity contribution in [3.63, 3.8) is 0 Å². The van der Waals surface area contributed by atoms with Crippen molar-refractivity contribution in [1.29, 1.82) is 0 Å². The van der Waals surface area contributed by atoms with Crippen molar-refractivity contribution in [3.8, 4) is 5.75 Å². The average molecular weight is 297 g/mol. The van der Waals surface area contributed by atoms with Crippen molar-refractivity contribution in [3.05, 3.63) is 66.2 Å². The molecule has 0 unspecified atom stereocenters. The molecule has 1 aliphatic heterocycles. The number of hydrogen-bond donors (Lipinski definition) is 1. The Labute approximate surface area is 127 Å². The number of carboxylic acids is 1. The van der Waals surface area contributed by atoms with Crippen LogP contribution in [0.4, 0.5) is 0 Å². The minimum atomic E-state index is -1.06. The molecule has 1 N–H and O–H groups in total. The predicted octanol–water partition coefficient (Wildman–Crippen LogP) is 1.93. The summed E-state index contributed by atoms with van der Waals surface area (Å²) in [4.78, 5) is 25.0. The molecule has 1 fully saturated rings. The molecule has 1 saturated heterocycles. The Balaban J connectivity index is 1.74. The van der Waals surface area contributed by atoms with E-state index in [9.17, 15) is 14.7 Å². The lowest BCUT2D eigenvalue weighted by atomic mass is 9.96. The van der Waals surface area contributed by atoms with Crippen LogP contribution >= 0.6 is 0 Å². The van der Waals surface area contributed by atoms with Gasteiger partial charge in [-0.1, -0.05) is 48.5 Å². The third-order valence-corrected chi connectivity index (χ3v) is 3.60. The van der Waals surface area contributed by atoms with E-state index >= 15 is 0 Å². The van der Waals surface area contributed by atoms with Crippen LogP contribution in [0.5, 0.6) is 5.75 Å². The van der Waals surface area contributed by atoms with Crippen LogP contribution in [0.2, 0.25) is 0 Å². The highest BCUT2D eigenvalue weighted by Gasteiger charge is 2.53. The van der Waals surface area contributed by atoms with E-state index in [4.69, 9.17) is 4.74 Å².